The number of nitrogens with two attached hydrogens (primary N) is 2. The van der Waals surface area contributed by atoms with E-state index in [0.29, 0.717) is 34.4 Å². The number of hydrogen-bond acceptors (Lipinski definition) is 7. The van der Waals surface area contributed by atoms with E-state index in [1.165, 1.54) is 14.2 Å². The highest BCUT2D eigenvalue weighted by atomic mass is 16.5. The number of aliphatic hydroxyl groups excluding tert-OH is 1. The zero-order chi connectivity index (χ0) is 17.5. The van der Waals surface area contributed by atoms with E-state index in [4.69, 9.17) is 30.4 Å². The average Bonchev–Trinajstić information content (AvgIpc) is 2.60. The molecule has 2 aromatic carbocycles. The third-order valence-electron chi connectivity index (χ3n) is 3.29. The zero-order valence-electron chi connectivity index (χ0n) is 13.7. The van der Waals surface area contributed by atoms with E-state index in [9.17, 15) is 5.11 Å². The Morgan fingerprint density at radius 3 is 1.62 bits per heavy atom. The van der Waals surface area contributed by atoms with Crippen molar-refractivity contribution in [3.8, 4) is 23.0 Å². The molecule has 0 aromatic heterocycles. The van der Waals surface area contributed by atoms with Crippen LogP contribution in [0.25, 0.3) is 0 Å². The van der Waals surface area contributed by atoms with Crippen LogP contribution in [0.15, 0.2) is 36.4 Å². The van der Waals surface area contributed by atoms with Crippen molar-refractivity contribution in [2.75, 3.05) is 38.9 Å². The smallest absolute Gasteiger partial charge is 0.145 e. The lowest BCUT2D eigenvalue weighted by atomic mass is 10.3. The van der Waals surface area contributed by atoms with Gasteiger partial charge in [-0.25, -0.2) is 0 Å². The standard InChI is InChI=1S/C17H22N2O5/c1-21-16-7-12(3-5-14(16)18)23-9-11(20)10-24-13-4-6-15(19)17(8-13)22-2/h3-8,11,20H,9-10,18-19H2,1-2H3. The number of hydrogen-bond donors (Lipinski definition) is 3. The Kier molecular flexibility index (Phi) is 5.97. The van der Waals surface area contributed by atoms with Crippen LogP contribution in [0, 0.1) is 0 Å². The van der Waals surface area contributed by atoms with Crippen LogP contribution in [0.3, 0.4) is 0 Å². The second-order valence-electron chi connectivity index (χ2n) is 5.08. The molecule has 0 aliphatic heterocycles. The number of rotatable bonds is 8. The Hall–Kier alpha value is -2.80. The first kappa shape index (κ1) is 17.6. The number of benzene rings is 2. The fraction of sp³-hybridized carbons (Fsp3) is 0.294. The Balaban J connectivity index is 1.84. The van der Waals surface area contributed by atoms with Crippen LogP contribution in [-0.2, 0) is 0 Å². The monoisotopic (exact) mass is 334 g/mol. The Morgan fingerprint density at radius 2 is 1.25 bits per heavy atom. The number of nitrogen functional groups attached to an aromatic ring is 2. The highest BCUT2D eigenvalue weighted by molar-refractivity contribution is 5.56. The molecule has 0 saturated carbocycles. The summed E-state index contributed by atoms with van der Waals surface area (Å²) in [6.45, 7) is 0.137. The first-order valence-corrected chi connectivity index (χ1v) is 7.34. The molecule has 5 N–H and O–H groups in total. The minimum atomic E-state index is -0.808. The van der Waals surface area contributed by atoms with Gasteiger partial charge in [-0.2, -0.15) is 0 Å². The molecular weight excluding hydrogens is 312 g/mol. The molecule has 0 bridgehead atoms. The lowest BCUT2D eigenvalue weighted by molar-refractivity contribution is 0.0625. The van der Waals surface area contributed by atoms with Crippen LogP contribution in [0.2, 0.25) is 0 Å². The van der Waals surface area contributed by atoms with Gasteiger partial charge in [0.2, 0.25) is 0 Å². The molecule has 0 fully saturated rings. The summed E-state index contributed by atoms with van der Waals surface area (Å²) in [5.41, 5.74) is 12.5. The van der Waals surface area contributed by atoms with Gasteiger partial charge in [0.15, 0.2) is 0 Å². The second-order valence-corrected chi connectivity index (χ2v) is 5.08. The molecule has 0 amide bonds. The molecule has 2 rings (SSSR count). The second kappa shape index (κ2) is 8.16. The van der Waals surface area contributed by atoms with Gasteiger partial charge in [0, 0.05) is 12.1 Å². The summed E-state index contributed by atoms with van der Waals surface area (Å²) < 4.78 is 21.2. The molecule has 0 spiro atoms. The van der Waals surface area contributed by atoms with E-state index in [2.05, 4.69) is 0 Å². The maximum Gasteiger partial charge on any atom is 0.145 e. The van der Waals surface area contributed by atoms with E-state index >= 15 is 0 Å². The van der Waals surface area contributed by atoms with E-state index in [1.54, 1.807) is 36.4 Å². The van der Waals surface area contributed by atoms with Crippen LogP contribution in [0.5, 0.6) is 23.0 Å². The minimum Gasteiger partial charge on any atom is -0.494 e. The summed E-state index contributed by atoms with van der Waals surface area (Å²) in [5.74, 6) is 2.14. The molecule has 0 radical (unpaired) electrons. The normalized spacial score (nSPS) is 10.5. The lowest BCUT2D eigenvalue weighted by Gasteiger charge is -2.15. The molecule has 130 valence electrons. The fourth-order valence-corrected chi connectivity index (χ4v) is 2.00. The maximum absolute atomic E-state index is 9.97. The highest BCUT2D eigenvalue weighted by Gasteiger charge is 2.09. The van der Waals surface area contributed by atoms with E-state index in [0.717, 1.165) is 0 Å². The molecule has 0 aliphatic carbocycles. The van der Waals surface area contributed by atoms with Crippen molar-refractivity contribution in [3.63, 3.8) is 0 Å². The number of methoxy groups -OCH3 is 2. The van der Waals surface area contributed by atoms with Crippen molar-refractivity contribution in [1.82, 2.24) is 0 Å². The summed E-state index contributed by atoms with van der Waals surface area (Å²) in [4.78, 5) is 0. The van der Waals surface area contributed by atoms with E-state index in [1.807, 2.05) is 0 Å². The van der Waals surface area contributed by atoms with Gasteiger partial charge in [-0.3, -0.25) is 0 Å². The molecule has 0 saturated heterocycles. The van der Waals surface area contributed by atoms with Gasteiger partial charge < -0.3 is 35.5 Å². The van der Waals surface area contributed by atoms with Crippen LogP contribution in [0.4, 0.5) is 11.4 Å². The molecular formula is C17H22N2O5. The van der Waals surface area contributed by atoms with E-state index in [-0.39, 0.29) is 13.2 Å². The van der Waals surface area contributed by atoms with Crippen LogP contribution in [-0.4, -0.2) is 38.6 Å². The molecule has 7 nitrogen and oxygen atoms in total. The summed E-state index contributed by atoms with van der Waals surface area (Å²) in [5, 5.41) is 9.97. The summed E-state index contributed by atoms with van der Waals surface area (Å²) in [7, 11) is 3.05. The van der Waals surface area contributed by atoms with Crippen LogP contribution in [0.1, 0.15) is 0 Å². The Labute approximate surface area is 140 Å². The predicted octanol–water partition coefficient (Wildman–Crippen LogP) is 1.69. The lowest BCUT2D eigenvalue weighted by Crippen LogP contribution is -2.25. The SMILES string of the molecule is COc1cc(OCC(O)COc2ccc(N)c(OC)c2)ccc1N. The third-order valence-corrected chi connectivity index (χ3v) is 3.29. The van der Waals surface area contributed by atoms with Gasteiger partial charge in [-0.1, -0.05) is 0 Å². The van der Waals surface area contributed by atoms with Crippen molar-refractivity contribution in [3.05, 3.63) is 36.4 Å². The highest BCUT2D eigenvalue weighted by Crippen LogP contribution is 2.27. The van der Waals surface area contributed by atoms with Crippen LogP contribution >= 0.6 is 0 Å². The van der Waals surface area contributed by atoms with Gasteiger partial charge >= 0.3 is 0 Å². The molecule has 7 heteroatoms. The number of aliphatic hydroxyl groups is 1. The third kappa shape index (κ3) is 4.60. The van der Waals surface area contributed by atoms with Gasteiger partial charge in [-0.05, 0) is 24.3 Å². The van der Waals surface area contributed by atoms with E-state index < -0.39 is 6.10 Å². The maximum atomic E-state index is 9.97. The first-order chi connectivity index (χ1) is 11.5. The minimum absolute atomic E-state index is 0.0686. The molecule has 0 aliphatic rings. The number of anilines is 2. The topological polar surface area (TPSA) is 109 Å². The quantitative estimate of drug-likeness (QED) is 0.630. The molecule has 2 aromatic rings. The van der Waals surface area contributed by atoms with Crippen molar-refractivity contribution in [2.24, 2.45) is 0 Å². The predicted molar refractivity (Wildman–Crippen MR) is 91.8 cm³/mol. The van der Waals surface area contributed by atoms with Gasteiger partial charge in [-0.15, -0.1) is 0 Å². The van der Waals surface area contributed by atoms with Crippen molar-refractivity contribution >= 4 is 11.4 Å². The van der Waals surface area contributed by atoms with Gasteiger partial charge in [0.05, 0.1) is 25.6 Å². The van der Waals surface area contributed by atoms with Gasteiger partial charge in [0.25, 0.3) is 0 Å². The summed E-state index contributed by atoms with van der Waals surface area (Å²) >= 11 is 0. The largest absolute Gasteiger partial charge is 0.494 e. The summed E-state index contributed by atoms with van der Waals surface area (Å²) in [6, 6.07) is 10.1. The summed E-state index contributed by atoms with van der Waals surface area (Å²) in [6.07, 6.45) is -0.808. The van der Waals surface area contributed by atoms with Crippen molar-refractivity contribution < 1.29 is 24.1 Å². The molecule has 0 heterocycles. The Morgan fingerprint density at radius 1 is 0.833 bits per heavy atom. The fourth-order valence-electron chi connectivity index (χ4n) is 2.00. The van der Waals surface area contributed by atoms with Gasteiger partial charge in [0.1, 0.15) is 42.3 Å². The molecule has 0 unspecified atom stereocenters. The zero-order valence-corrected chi connectivity index (χ0v) is 13.7. The average molecular weight is 334 g/mol. The van der Waals surface area contributed by atoms with Crippen LogP contribution < -0.4 is 30.4 Å². The molecule has 0 atom stereocenters. The first-order valence-electron chi connectivity index (χ1n) is 7.34. The van der Waals surface area contributed by atoms with Crippen molar-refractivity contribution in [2.45, 2.75) is 6.10 Å². The van der Waals surface area contributed by atoms with Crippen molar-refractivity contribution in [1.29, 1.82) is 0 Å². The Bertz CT molecular complexity index is 621. The number of ether oxygens (including phenoxy) is 4. The molecule has 24 heavy (non-hydrogen) atoms.